The zero-order valence-corrected chi connectivity index (χ0v) is 16.6. The van der Waals surface area contributed by atoms with Crippen molar-refractivity contribution in [3.63, 3.8) is 0 Å². The van der Waals surface area contributed by atoms with Crippen LogP contribution in [-0.4, -0.2) is 27.9 Å². The van der Waals surface area contributed by atoms with Gasteiger partial charge < -0.3 is 24.3 Å². The van der Waals surface area contributed by atoms with E-state index in [1.165, 1.54) is 12.1 Å². The first-order valence-electron chi connectivity index (χ1n) is 7.71. The fourth-order valence-corrected chi connectivity index (χ4v) is 2.65. The summed E-state index contributed by atoms with van der Waals surface area (Å²) in [5.41, 5.74) is 1.35. The molecule has 27 heavy (non-hydrogen) atoms. The van der Waals surface area contributed by atoms with E-state index in [1.807, 2.05) is 0 Å². The standard InChI is InChI=1S/C18H20ClF2NO4.ClH/c1-23-15-8-17(25-3)16(24-2)7-12(15)10-22-9-11-6-13(19)4-5-14(11)26-18(20)21;/h4-8,18,22H,9-10H2,1-3H3;1H. The molecule has 0 fully saturated rings. The van der Waals surface area contributed by atoms with Crippen LogP contribution >= 0.6 is 24.0 Å². The minimum absolute atomic E-state index is 0. The summed E-state index contributed by atoms with van der Waals surface area (Å²) in [6, 6.07) is 8.01. The molecule has 0 unspecified atom stereocenters. The second-order valence-corrected chi connectivity index (χ2v) is 5.69. The maximum absolute atomic E-state index is 12.5. The van der Waals surface area contributed by atoms with Crippen LogP contribution in [-0.2, 0) is 13.1 Å². The Hall–Kier alpha value is -1.96. The summed E-state index contributed by atoms with van der Waals surface area (Å²) in [5, 5.41) is 3.60. The first-order valence-corrected chi connectivity index (χ1v) is 8.09. The minimum atomic E-state index is -2.90. The van der Waals surface area contributed by atoms with Crippen LogP contribution in [0.5, 0.6) is 23.0 Å². The number of ether oxygens (including phenoxy) is 4. The molecule has 2 aromatic carbocycles. The molecule has 1 N–H and O–H groups in total. The molecule has 0 aliphatic heterocycles. The van der Waals surface area contributed by atoms with Gasteiger partial charge in [-0.3, -0.25) is 0 Å². The molecule has 2 rings (SSSR count). The highest BCUT2D eigenvalue weighted by Crippen LogP contribution is 2.34. The number of hydrogen-bond acceptors (Lipinski definition) is 5. The highest BCUT2D eigenvalue weighted by molar-refractivity contribution is 6.30. The van der Waals surface area contributed by atoms with Crippen LogP contribution in [0.1, 0.15) is 11.1 Å². The fourth-order valence-electron chi connectivity index (χ4n) is 2.46. The van der Waals surface area contributed by atoms with Gasteiger partial charge in [0.15, 0.2) is 11.5 Å². The van der Waals surface area contributed by atoms with E-state index in [4.69, 9.17) is 25.8 Å². The molecule has 5 nitrogen and oxygen atoms in total. The smallest absolute Gasteiger partial charge is 0.387 e. The molecule has 0 aliphatic carbocycles. The number of methoxy groups -OCH3 is 3. The molecule has 0 atom stereocenters. The van der Waals surface area contributed by atoms with Crippen LogP contribution < -0.4 is 24.3 Å². The quantitative estimate of drug-likeness (QED) is 0.634. The zero-order valence-electron chi connectivity index (χ0n) is 15.1. The van der Waals surface area contributed by atoms with Crippen molar-refractivity contribution in [2.75, 3.05) is 21.3 Å². The van der Waals surface area contributed by atoms with Crippen molar-refractivity contribution >= 4 is 24.0 Å². The summed E-state index contributed by atoms with van der Waals surface area (Å²) in [5.74, 6) is 1.81. The third-order valence-corrected chi connectivity index (χ3v) is 3.89. The summed E-state index contributed by atoms with van der Waals surface area (Å²) in [7, 11) is 4.64. The normalized spacial score (nSPS) is 10.3. The third-order valence-electron chi connectivity index (χ3n) is 3.66. The van der Waals surface area contributed by atoms with Gasteiger partial charge in [-0.05, 0) is 24.3 Å². The fraction of sp³-hybridized carbons (Fsp3) is 0.333. The van der Waals surface area contributed by atoms with Crippen molar-refractivity contribution in [1.29, 1.82) is 0 Å². The van der Waals surface area contributed by atoms with Gasteiger partial charge >= 0.3 is 6.61 Å². The second kappa shape index (κ2) is 11.0. The van der Waals surface area contributed by atoms with Crippen molar-refractivity contribution in [2.24, 2.45) is 0 Å². The van der Waals surface area contributed by atoms with Crippen LogP contribution in [0.15, 0.2) is 30.3 Å². The molecule has 0 amide bonds. The third kappa shape index (κ3) is 6.30. The molecule has 9 heteroatoms. The van der Waals surface area contributed by atoms with Crippen molar-refractivity contribution in [3.05, 3.63) is 46.5 Å². The SMILES string of the molecule is COc1cc(OC)c(OC)cc1CNCc1cc(Cl)ccc1OC(F)F.Cl. The van der Waals surface area contributed by atoms with E-state index in [-0.39, 0.29) is 24.7 Å². The van der Waals surface area contributed by atoms with Crippen LogP contribution in [0.4, 0.5) is 8.78 Å². The lowest BCUT2D eigenvalue weighted by molar-refractivity contribution is -0.0505. The first kappa shape index (κ1) is 23.1. The number of alkyl halides is 2. The van der Waals surface area contributed by atoms with Gasteiger partial charge in [-0.2, -0.15) is 8.78 Å². The van der Waals surface area contributed by atoms with E-state index in [2.05, 4.69) is 10.1 Å². The van der Waals surface area contributed by atoms with Gasteiger partial charge in [-0.1, -0.05) is 11.6 Å². The Balaban J connectivity index is 0.00000364. The van der Waals surface area contributed by atoms with E-state index in [1.54, 1.807) is 39.5 Å². The Labute approximate surface area is 167 Å². The lowest BCUT2D eigenvalue weighted by Gasteiger charge is -2.15. The lowest BCUT2D eigenvalue weighted by Crippen LogP contribution is -2.15. The average Bonchev–Trinajstić information content (AvgIpc) is 2.62. The van der Waals surface area contributed by atoms with Crippen molar-refractivity contribution in [2.45, 2.75) is 19.7 Å². The van der Waals surface area contributed by atoms with Crippen LogP contribution in [0.2, 0.25) is 5.02 Å². The van der Waals surface area contributed by atoms with Gasteiger partial charge in [0.2, 0.25) is 0 Å². The molecular formula is C18H21Cl2F2NO4. The summed E-state index contributed by atoms with van der Waals surface area (Å²) in [6.07, 6.45) is 0. The first-order chi connectivity index (χ1) is 12.5. The maximum Gasteiger partial charge on any atom is 0.387 e. The topological polar surface area (TPSA) is 49.0 Å². The molecule has 0 aliphatic rings. The molecule has 0 heterocycles. The number of halogens is 4. The number of benzene rings is 2. The Morgan fingerprint density at radius 3 is 1.96 bits per heavy atom. The largest absolute Gasteiger partial charge is 0.496 e. The van der Waals surface area contributed by atoms with Gasteiger partial charge in [0.25, 0.3) is 0 Å². The molecule has 0 aromatic heterocycles. The van der Waals surface area contributed by atoms with E-state index >= 15 is 0 Å². The molecule has 0 bridgehead atoms. The van der Waals surface area contributed by atoms with Crippen molar-refractivity contribution in [1.82, 2.24) is 5.32 Å². The molecule has 0 saturated carbocycles. The average molecular weight is 424 g/mol. The highest BCUT2D eigenvalue weighted by atomic mass is 35.5. The lowest BCUT2D eigenvalue weighted by atomic mass is 10.1. The molecule has 150 valence electrons. The van der Waals surface area contributed by atoms with Crippen LogP contribution in [0.3, 0.4) is 0 Å². The van der Waals surface area contributed by atoms with Crippen molar-refractivity contribution in [3.8, 4) is 23.0 Å². The zero-order chi connectivity index (χ0) is 19.1. The Kier molecular flexibility index (Phi) is 9.41. The Morgan fingerprint density at radius 1 is 0.852 bits per heavy atom. The summed E-state index contributed by atoms with van der Waals surface area (Å²) < 4.78 is 45.5. The molecule has 0 spiro atoms. The van der Waals surface area contributed by atoms with Gasteiger partial charge in [0.1, 0.15) is 11.5 Å². The highest BCUT2D eigenvalue weighted by Gasteiger charge is 2.13. The second-order valence-electron chi connectivity index (χ2n) is 5.25. The van der Waals surface area contributed by atoms with Crippen LogP contribution in [0, 0.1) is 0 Å². The number of nitrogens with one attached hydrogen (secondary N) is 1. The summed E-state index contributed by atoms with van der Waals surface area (Å²) >= 11 is 5.95. The van der Waals surface area contributed by atoms with Gasteiger partial charge in [0, 0.05) is 35.3 Å². The molecule has 2 aromatic rings. The van der Waals surface area contributed by atoms with E-state index in [0.717, 1.165) is 5.56 Å². The molecular weight excluding hydrogens is 403 g/mol. The Bertz CT molecular complexity index is 748. The monoisotopic (exact) mass is 423 g/mol. The predicted molar refractivity (Wildman–Crippen MR) is 102 cm³/mol. The van der Waals surface area contributed by atoms with E-state index in [9.17, 15) is 8.78 Å². The van der Waals surface area contributed by atoms with E-state index in [0.29, 0.717) is 34.4 Å². The van der Waals surface area contributed by atoms with Gasteiger partial charge in [-0.25, -0.2) is 0 Å². The van der Waals surface area contributed by atoms with Gasteiger partial charge in [0.05, 0.1) is 21.3 Å². The Morgan fingerprint density at radius 2 is 1.41 bits per heavy atom. The molecule has 0 saturated heterocycles. The maximum atomic E-state index is 12.5. The van der Waals surface area contributed by atoms with Crippen molar-refractivity contribution < 1.29 is 27.7 Å². The number of rotatable bonds is 9. The van der Waals surface area contributed by atoms with E-state index < -0.39 is 6.61 Å². The minimum Gasteiger partial charge on any atom is -0.496 e. The van der Waals surface area contributed by atoms with Crippen LogP contribution in [0.25, 0.3) is 0 Å². The summed E-state index contributed by atoms with van der Waals surface area (Å²) in [4.78, 5) is 0. The van der Waals surface area contributed by atoms with Gasteiger partial charge in [-0.15, -0.1) is 12.4 Å². The predicted octanol–water partition coefficient (Wildman–Crippen LogP) is 4.68. The molecule has 0 radical (unpaired) electrons. The summed E-state index contributed by atoms with van der Waals surface area (Å²) in [6.45, 7) is -2.22. The number of hydrogen-bond donors (Lipinski definition) is 1.